The summed E-state index contributed by atoms with van der Waals surface area (Å²) in [5.41, 5.74) is 6.03. The van der Waals surface area contributed by atoms with E-state index in [1.165, 1.54) is 23.6 Å². The summed E-state index contributed by atoms with van der Waals surface area (Å²) < 4.78 is 0. The Morgan fingerprint density at radius 1 is 1.27 bits per heavy atom. The highest BCUT2D eigenvalue weighted by Crippen LogP contribution is 2.53. The van der Waals surface area contributed by atoms with E-state index in [-0.39, 0.29) is 64.4 Å². The van der Waals surface area contributed by atoms with Gasteiger partial charge in [-0.05, 0) is 32.1 Å². The number of carbonyl (C=O) groups excluding carboxylic acids is 3. The molecule has 0 aromatic rings. The Bertz CT molecular complexity index is 884. The fourth-order valence-corrected chi connectivity index (χ4v) is 7.33. The van der Waals surface area contributed by atoms with Crippen LogP contribution >= 0.6 is 11.8 Å². The van der Waals surface area contributed by atoms with Crippen molar-refractivity contribution in [3.63, 3.8) is 0 Å². The number of hydrogen-bond acceptors (Lipinski definition) is 7. The number of piperidine rings is 1. The number of β-lactam (4-membered cyclic amide) rings is 1. The molecule has 0 radical (unpaired) electrons. The van der Waals surface area contributed by atoms with Crippen molar-refractivity contribution in [2.24, 2.45) is 23.5 Å². The van der Waals surface area contributed by atoms with Crippen molar-refractivity contribution in [2.75, 3.05) is 19.6 Å². The van der Waals surface area contributed by atoms with E-state index in [1.54, 1.807) is 0 Å². The van der Waals surface area contributed by atoms with E-state index >= 15 is 0 Å². The first kappa shape index (κ1) is 24.2. The summed E-state index contributed by atoms with van der Waals surface area (Å²) in [6, 6.07) is -0.330. The number of nitrogens with zero attached hydrogens (tertiary/aromatic N) is 2. The highest BCUT2D eigenvalue weighted by molar-refractivity contribution is 8.03. The van der Waals surface area contributed by atoms with Crippen LogP contribution in [0, 0.1) is 17.8 Å². The van der Waals surface area contributed by atoms with Gasteiger partial charge in [-0.1, -0.05) is 13.8 Å². The maximum absolute atomic E-state index is 12.9. The molecule has 4 heterocycles. The number of ketones is 1. The Kier molecular flexibility index (Phi) is 6.89. The Balaban J connectivity index is 1.43. The molecule has 2 amide bonds. The third-order valence-corrected chi connectivity index (χ3v) is 9.06. The first-order chi connectivity index (χ1) is 15.6. The van der Waals surface area contributed by atoms with Gasteiger partial charge in [-0.15, -0.1) is 11.8 Å². The van der Waals surface area contributed by atoms with Crippen molar-refractivity contribution in [1.82, 2.24) is 15.1 Å². The van der Waals surface area contributed by atoms with Crippen molar-refractivity contribution in [3.8, 4) is 0 Å². The molecule has 2 unspecified atom stereocenters. The number of nitrogens with one attached hydrogen (secondary N) is 1. The summed E-state index contributed by atoms with van der Waals surface area (Å²) in [7, 11) is 0. The second kappa shape index (κ2) is 9.38. The van der Waals surface area contributed by atoms with Crippen LogP contribution < -0.4 is 11.1 Å². The average molecular weight is 479 g/mol. The van der Waals surface area contributed by atoms with Crippen LogP contribution in [0.3, 0.4) is 0 Å². The van der Waals surface area contributed by atoms with Crippen molar-refractivity contribution < 1.29 is 24.3 Å². The van der Waals surface area contributed by atoms with Crippen molar-refractivity contribution in [2.45, 2.75) is 69.8 Å². The summed E-state index contributed by atoms with van der Waals surface area (Å²) in [6.45, 7) is 7.35. The van der Waals surface area contributed by atoms with E-state index in [0.717, 1.165) is 12.8 Å². The van der Waals surface area contributed by atoms with Gasteiger partial charge in [-0.3, -0.25) is 9.59 Å². The van der Waals surface area contributed by atoms with Crippen LogP contribution in [0.25, 0.3) is 0 Å². The molecule has 0 aromatic heterocycles. The summed E-state index contributed by atoms with van der Waals surface area (Å²) in [6.07, 6.45) is 2.57. The van der Waals surface area contributed by atoms with Crippen molar-refractivity contribution in [3.05, 3.63) is 10.6 Å². The van der Waals surface area contributed by atoms with E-state index in [1.807, 2.05) is 18.7 Å². The van der Waals surface area contributed by atoms with Crippen LogP contribution in [0.4, 0.5) is 0 Å². The van der Waals surface area contributed by atoms with Gasteiger partial charge in [-0.25, -0.2) is 4.79 Å². The van der Waals surface area contributed by atoms with E-state index in [2.05, 4.69) is 5.32 Å². The molecule has 3 saturated heterocycles. The van der Waals surface area contributed by atoms with Gasteiger partial charge >= 0.3 is 5.97 Å². The topological polar surface area (TPSA) is 133 Å². The van der Waals surface area contributed by atoms with Crippen LogP contribution in [0.15, 0.2) is 10.6 Å². The number of nitrogens with two attached hydrogens (primary N) is 1. The van der Waals surface area contributed by atoms with Gasteiger partial charge in [0, 0.05) is 48.2 Å². The van der Waals surface area contributed by atoms with Gasteiger partial charge in [0.1, 0.15) is 11.5 Å². The minimum absolute atomic E-state index is 0.0313. The van der Waals surface area contributed by atoms with Gasteiger partial charge in [0.2, 0.25) is 11.8 Å². The molecule has 4 rings (SSSR count). The van der Waals surface area contributed by atoms with Gasteiger partial charge in [0.05, 0.1) is 18.0 Å². The molecule has 4 N–H and O–H groups in total. The molecule has 0 bridgehead atoms. The summed E-state index contributed by atoms with van der Waals surface area (Å²) in [4.78, 5) is 53.5. The minimum atomic E-state index is -1.10. The standard InChI is InChI=1S/C23H34N4O5S/c1-11(8-12(2)28)17-18-13(3)20(19(23(31)32)27(18)22(17)30)33-15-9-16(25-10-15)21(29)26-6-4-14(24)5-7-26/h11,13-18,25H,4-10,24H2,1-3H3,(H,31,32)/t11-,13+,15?,16?,17+,18-/m0/s1. The largest absolute Gasteiger partial charge is 0.477 e. The zero-order valence-electron chi connectivity index (χ0n) is 19.5. The molecule has 0 saturated carbocycles. The van der Waals surface area contributed by atoms with Crippen molar-refractivity contribution in [1.29, 1.82) is 0 Å². The molecule has 9 nitrogen and oxygen atoms in total. The highest BCUT2D eigenvalue weighted by atomic mass is 32.2. The van der Waals surface area contributed by atoms with Gasteiger partial charge < -0.3 is 30.8 Å². The molecule has 4 aliphatic rings. The Labute approximate surface area is 198 Å². The number of hydrogen-bond donors (Lipinski definition) is 3. The molecular weight excluding hydrogens is 444 g/mol. The maximum Gasteiger partial charge on any atom is 0.353 e. The Hall–Kier alpha value is -1.91. The maximum atomic E-state index is 12.9. The predicted molar refractivity (Wildman–Crippen MR) is 124 cm³/mol. The quantitative estimate of drug-likeness (QED) is 0.458. The van der Waals surface area contributed by atoms with Crippen LogP contribution in [-0.4, -0.2) is 81.5 Å². The van der Waals surface area contributed by atoms with Gasteiger partial charge in [0.25, 0.3) is 0 Å². The lowest BCUT2D eigenvalue weighted by Gasteiger charge is -2.47. The lowest BCUT2D eigenvalue weighted by atomic mass is 9.73. The molecule has 3 fully saturated rings. The number of carboxylic acid groups (broad SMARTS) is 1. The molecule has 10 heteroatoms. The number of carbonyl (C=O) groups is 4. The third-order valence-electron chi connectivity index (χ3n) is 7.55. The van der Waals surface area contributed by atoms with Gasteiger partial charge in [-0.2, -0.15) is 0 Å². The average Bonchev–Trinajstić information content (AvgIpc) is 3.30. The molecule has 0 aliphatic carbocycles. The van der Waals surface area contributed by atoms with Crippen LogP contribution in [-0.2, 0) is 19.2 Å². The second-order valence-corrected chi connectivity index (χ2v) is 11.4. The van der Waals surface area contributed by atoms with Crippen LogP contribution in [0.2, 0.25) is 0 Å². The number of aliphatic carboxylic acids is 1. The number of thioether (sulfide) groups is 1. The zero-order valence-corrected chi connectivity index (χ0v) is 20.3. The Morgan fingerprint density at radius 2 is 1.94 bits per heavy atom. The second-order valence-electron chi connectivity index (χ2n) is 10.0. The normalized spacial score (nSPS) is 33.2. The van der Waals surface area contributed by atoms with E-state index in [9.17, 15) is 24.3 Å². The number of amides is 2. The number of rotatable bonds is 7. The molecule has 6 atom stereocenters. The third kappa shape index (κ3) is 4.44. The lowest BCUT2D eigenvalue weighted by Crippen LogP contribution is -2.62. The molecule has 0 aromatic carbocycles. The number of Topliss-reactive ketones (excluding diaryl/α,β-unsaturated/α-hetero) is 1. The number of fused-ring (bicyclic) bond motifs is 1. The SMILES string of the molecule is CC(=O)C[C@H](C)[C@H]1C(=O)N2C(C(=O)O)=C(SC3CNC(C(=O)N4CCC(N)CC4)C3)[C@H](C)[C@@H]12. The smallest absolute Gasteiger partial charge is 0.353 e. The summed E-state index contributed by atoms with van der Waals surface area (Å²) >= 11 is 1.49. The predicted octanol–water partition coefficient (Wildman–Crippen LogP) is 0.788. The molecule has 182 valence electrons. The highest BCUT2D eigenvalue weighted by Gasteiger charge is 2.60. The summed E-state index contributed by atoms with van der Waals surface area (Å²) in [5.74, 6) is -1.74. The van der Waals surface area contributed by atoms with E-state index in [0.29, 0.717) is 37.4 Å². The molecule has 4 aliphatic heterocycles. The summed E-state index contributed by atoms with van der Waals surface area (Å²) in [5, 5.41) is 13.3. The van der Waals surface area contributed by atoms with Gasteiger partial charge in [0.15, 0.2) is 0 Å². The van der Waals surface area contributed by atoms with E-state index in [4.69, 9.17) is 5.73 Å². The zero-order chi connectivity index (χ0) is 24.0. The van der Waals surface area contributed by atoms with Crippen molar-refractivity contribution >= 4 is 35.3 Å². The monoisotopic (exact) mass is 478 g/mol. The fourth-order valence-electron chi connectivity index (χ4n) is 5.85. The fraction of sp³-hybridized carbons (Fsp3) is 0.739. The lowest BCUT2D eigenvalue weighted by molar-refractivity contribution is -0.160. The van der Waals surface area contributed by atoms with Crippen LogP contribution in [0.1, 0.15) is 46.5 Å². The van der Waals surface area contributed by atoms with Crippen LogP contribution in [0.5, 0.6) is 0 Å². The molecular formula is C23H34N4O5S. The molecule has 0 spiro atoms. The number of likely N-dealkylation sites (tertiary alicyclic amines) is 1. The first-order valence-corrected chi connectivity index (χ1v) is 12.7. The van der Waals surface area contributed by atoms with E-state index < -0.39 is 5.97 Å². The Morgan fingerprint density at radius 3 is 2.55 bits per heavy atom. The number of carboxylic acids is 1. The first-order valence-electron chi connectivity index (χ1n) is 11.8. The molecule has 33 heavy (non-hydrogen) atoms. The minimum Gasteiger partial charge on any atom is -0.477 e.